The van der Waals surface area contributed by atoms with Crippen molar-refractivity contribution in [2.24, 2.45) is 0 Å². The fraction of sp³-hybridized carbons (Fsp3) is 0.357. The second kappa shape index (κ2) is 12.3. The van der Waals surface area contributed by atoms with E-state index in [2.05, 4.69) is 6.58 Å². The van der Waals surface area contributed by atoms with E-state index in [9.17, 15) is 45.3 Å². The third-order valence-corrected chi connectivity index (χ3v) is 6.67. The molecule has 2 aromatic rings. The molecule has 13 heteroatoms. The molecule has 13 nitrogen and oxygen atoms in total. The Morgan fingerprint density at radius 1 is 0.976 bits per heavy atom. The molecule has 220 valence electrons. The van der Waals surface area contributed by atoms with Crippen LogP contribution in [-0.2, 0) is 19.0 Å². The number of hydrogen-bond donors (Lipinski definition) is 7. The molecule has 41 heavy (non-hydrogen) atoms. The first-order chi connectivity index (χ1) is 19.4. The molecule has 0 saturated carbocycles. The number of fused-ring (bicyclic) bond motifs is 1. The van der Waals surface area contributed by atoms with Gasteiger partial charge in [0.05, 0.1) is 12.2 Å². The molecule has 2 heterocycles. The Kier molecular flexibility index (Phi) is 8.97. The molecule has 0 aromatic heterocycles. The van der Waals surface area contributed by atoms with Crippen molar-refractivity contribution in [3.05, 3.63) is 65.3 Å². The van der Waals surface area contributed by atoms with E-state index >= 15 is 0 Å². The van der Waals surface area contributed by atoms with Gasteiger partial charge in [-0.3, -0.25) is 4.79 Å². The summed E-state index contributed by atoms with van der Waals surface area (Å²) in [6.07, 6.45) is -7.72. The zero-order valence-electron chi connectivity index (χ0n) is 21.8. The quantitative estimate of drug-likeness (QED) is 0.0713. The van der Waals surface area contributed by atoms with Gasteiger partial charge in [0, 0.05) is 11.6 Å². The van der Waals surface area contributed by atoms with E-state index in [1.54, 1.807) is 0 Å². The molecule has 0 amide bonds. The number of carbonyl (C=O) groups excluding carboxylic acids is 2. The van der Waals surface area contributed by atoms with Gasteiger partial charge in [-0.2, -0.15) is 0 Å². The van der Waals surface area contributed by atoms with Gasteiger partial charge in [0.25, 0.3) is 0 Å². The molecule has 2 aliphatic rings. The number of ether oxygens (including phenoxy) is 4. The topological polar surface area (TPSA) is 213 Å². The van der Waals surface area contributed by atoms with Crippen LogP contribution in [0.1, 0.15) is 34.5 Å². The van der Waals surface area contributed by atoms with Crippen LogP contribution in [0.5, 0.6) is 23.0 Å². The Bertz CT molecular complexity index is 1350. The van der Waals surface area contributed by atoms with Gasteiger partial charge in [0.1, 0.15) is 48.6 Å². The molecule has 0 aliphatic carbocycles. The lowest BCUT2D eigenvalue weighted by molar-refractivity contribution is -0.299. The standard InChI is InChI=1S/C28H30O13/c1-12(27-23(34)16-8-18(31)15(13(2)29)9-20(16)40-27)10-39-28-26(37)25(36)24(35)21(41-28)11-38-22(33)6-4-14-3-5-17(30)19(32)7-14/h3-9,21,23-28,30-32,34-37H,1,10-11H2,2H3. The van der Waals surface area contributed by atoms with Gasteiger partial charge in [-0.1, -0.05) is 12.6 Å². The second-order valence-corrected chi connectivity index (χ2v) is 9.64. The van der Waals surface area contributed by atoms with Crippen molar-refractivity contribution in [2.75, 3.05) is 13.2 Å². The van der Waals surface area contributed by atoms with Crippen molar-refractivity contribution in [3.8, 4) is 23.0 Å². The summed E-state index contributed by atoms with van der Waals surface area (Å²) in [7, 11) is 0. The van der Waals surface area contributed by atoms with Gasteiger partial charge in [-0.15, -0.1) is 0 Å². The number of aliphatic hydroxyl groups is 4. The van der Waals surface area contributed by atoms with Crippen LogP contribution >= 0.6 is 0 Å². The highest BCUT2D eigenvalue weighted by Crippen LogP contribution is 2.42. The lowest BCUT2D eigenvalue weighted by Gasteiger charge is -2.40. The predicted molar refractivity (Wildman–Crippen MR) is 139 cm³/mol. The first-order valence-electron chi connectivity index (χ1n) is 12.5. The van der Waals surface area contributed by atoms with Gasteiger partial charge < -0.3 is 54.7 Å². The van der Waals surface area contributed by atoms with E-state index in [0.29, 0.717) is 5.56 Å². The summed E-state index contributed by atoms with van der Waals surface area (Å²) in [6, 6.07) is 6.45. The molecule has 7 atom stereocenters. The Labute approximate surface area is 233 Å². The number of aromatic hydroxyl groups is 3. The predicted octanol–water partition coefficient (Wildman–Crippen LogP) is 0.437. The maximum absolute atomic E-state index is 12.1. The Balaban J connectivity index is 1.33. The van der Waals surface area contributed by atoms with Gasteiger partial charge in [-0.25, -0.2) is 4.79 Å². The summed E-state index contributed by atoms with van der Waals surface area (Å²) < 4.78 is 21.8. The fourth-order valence-corrected chi connectivity index (χ4v) is 4.35. The first-order valence-corrected chi connectivity index (χ1v) is 12.5. The molecule has 2 aliphatic heterocycles. The van der Waals surface area contributed by atoms with E-state index in [1.165, 1.54) is 43.3 Å². The molecule has 7 unspecified atom stereocenters. The van der Waals surface area contributed by atoms with Crippen molar-refractivity contribution in [3.63, 3.8) is 0 Å². The molecule has 0 spiro atoms. The van der Waals surface area contributed by atoms with Crippen LogP contribution in [-0.4, -0.2) is 97.5 Å². The van der Waals surface area contributed by atoms with Crippen molar-refractivity contribution in [1.82, 2.24) is 0 Å². The number of phenolic OH excluding ortho intramolecular Hbond substituents is 3. The van der Waals surface area contributed by atoms with Crippen molar-refractivity contribution >= 4 is 17.8 Å². The molecular formula is C28H30O13. The maximum atomic E-state index is 12.1. The summed E-state index contributed by atoms with van der Waals surface area (Å²) >= 11 is 0. The number of aliphatic hydroxyl groups excluding tert-OH is 4. The van der Waals surface area contributed by atoms with Gasteiger partial charge >= 0.3 is 5.97 Å². The average molecular weight is 575 g/mol. The Morgan fingerprint density at radius 3 is 2.39 bits per heavy atom. The number of rotatable bonds is 9. The van der Waals surface area contributed by atoms with Crippen molar-refractivity contribution in [1.29, 1.82) is 0 Å². The summed E-state index contributed by atoms with van der Waals surface area (Å²) in [6.45, 7) is 4.25. The molecular weight excluding hydrogens is 544 g/mol. The third kappa shape index (κ3) is 6.51. The van der Waals surface area contributed by atoms with Crippen LogP contribution in [0.4, 0.5) is 0 Å². The minimum Gasteiger partial charge on any atom is -0.507 e. The number of Topliss-reactive ketones (excluding diaryl/α,β-unsaturated/α-hetero) is 1. The Morgan fingerprint density at radius 2 is 1.71 bits per heavy atom. The van der Waals surface area contributed by atoms with Gasteiger partial charge in [0.2, 0.25) is 0 Å². The summed E-state index contributed by atoms with van der Waals surface area (Å²) in [5.74, 6) is -2.07. The third-order valence-electron chi connectivity index (χ3n) is 6.67. The molecule has 2 aromatic carbocycles. The summed E-state index contributed by atoms with van der Waals surface area (Å²) in [5.41, 5.74) is 0.854. The number of carbonyl (C=O) groups is 2. The highest BCUT2D eigenvalue weighted by Gasteiger charge is 2.45. The molecule has 4 rings (SSSR count). The van der Waals surface area contributed by atoms with Crippen LogP contribution in [0.3, 0.4) is 0 Å². The number of phenols is 3. The minimum absolute atomic E-state index is 0.0200. The number of hydrogen-bond acceptors (Lipinski definition) is 13. The minimum atomic E-state index is -1.72. The van der Waals surface area contributed by atoms with Crippen molar-refractivity contribution < 1.29 is 64.3 Å². The van der Waals surface area contributed by atoms with E-state index in [1.807, 2.05) is 0 Å². The smallest absolute Gasteiger partial charge is 0.330 e. The van der Waals surface area contributed by atoms with E-state index in [0.717, 1.165) is 6.08 Å². The maximum Gasteiger partial charge on any atom is 0.330 e. The van der Waals surface area contributed by atoms with Gasteiger partial charge in [0.15, 0.2) is 29.7 Å². The van der Waals surface area contributed by atoms with Crippen LogP contribution in [0.15, 0.2) is 48.6 Å². The van der Waals surface area contributed by atoms with Crippen LogP contribution in [0.2, 0.25) is 0 Å². The van der Waals surface area contributed by atoms with Crippen LogP contribution < -0.4 is 4.74 Å². The van der Waals surface area contributed by atoms with E-state index < -0.39 is 61.3 Å². The SMILES string of the molecule is C=C(COC1OC(COC(=O)C=Cc2ccc(O)c(O)c2)C(O)C(O)C1O)C1Oc2cc(C(C)=O)c(O)cc2C1O. The van der Waals surface area contributed by atoms with Gasteiger partial charge in [-0.05, 0) is 48.4 Å². The molecule has 1 saturated heterocycles. The number of ketones is 1. The normalized spacial score (nSPS) is 27.3. The zero-order chi connectivity index (χ0) is 30.0. The fourth-order valence-electron chi connectivity index (χ4n) is 4.35. The van der Waals surface area contributed by atoms with Crippen molar-refractivity contribution in [2.45, 2.75) is 49.8 Å². The summed E-state index contributed by atoms with van der Waals surface area (Å²) in [4.78, 5) is 23.8. The van der Waals surface area contributed by atoms with Crippen LogP contribution in [0.25, 0.3) is 6.08 Å². The summed E-state index contributed by atoms with van der Waals surface area (Å²) in [5, 5.41) is 70.6. The lowest BCUT2D eigenvalue weighted by Crippen LogP contribution is -2.59. The Hall–Kier alpha value is -3.98. The molecule has 0 radical (unpaired) electrons. The zero-order valence-corrected chi connectivity index (χ0v) is 21.8. The number of esters is 1. The van der Waals surface area contributed by atoms with Crippen LogP contribution in [0, 0.1) is 0 Å². The largest absolute Gasteiger partial charge is 0.507 e. The molecule has 7 N–H and O–H groups in total. The van der Waals surface area contributed by atoms with E-state index in [-0.39, 0.29) is 46.3 Å². The lowest BCUT2D eigenvalue weighted by atomic mass is 9.98. The second-order valence-electron chi connectivity index (χ2n) is 9.64. The number of benzene rings is 2. The average Bonchev–Trinajstić information content (AvgIpc) is 3.25. The highest BCUT2D eigenvalue weighted by atomic mass is 16.7. The molecule has 0 bridgehead atoms. The molecule has 1 fully saturated rings. The van der Waals surface area contributed by atoms with E-state index in [4.69, 9.17) is 18.9 Å². The monoisotopic (exact) mass is 574 g/mol. The highest BCUT2D eigenvalue weighted by molar-refractivity contribution is 5.97. The first kappa shape index (κ1) is 30.0.